The highest BCUT2D eigenvalue weighted by Crippen LogP contribution is 2.16. The summed E-state index contributed by atoms with van der Waals surface area (Å²) in [6, 6.07) is 8.26. The lowest BCUT2D eigenvalue weighted by molar-refractivity contribution is 0.265. The Bertz CT molecular complexity index is 283. The Balaban J connectivity index is 2.73. The average molecular weight is 193 g/mol. The van der Waals surface area contributed by atoms with Crippen LogP contribution in [0.15, 0.2) is 24.3 Å². The van der Waals surface area contributed by atoms with E-state index >= 15 is 0 Å². The molecule has 0 saturated heterocycles. The molecule has 0 saturated carbocycles. The van der Waals surface area contributed by atoms with E-state index in [-0.39, 0.29) is 12.6 Å². The minimum absolute atomic E-state index is 0.0475. The standard InChI is InChI=1S/C12H19NO/c1-9(2)11-5-3-4-10(6-11)7-12(13)8-14/h3-6,9,12,14H,7-8,13H2,1-2H3. The molecule has 1 unspecified atom stereocenters. The molecule has 0 radical (unpaired) electrons. The molecule has 0 spiro atoms. The molecule has 2 heteroatoms. The van der Waals surface area contributed by atoms with Crippen LogP contribution < -0.4 is 5.73 Å². The van der Waals surface area contributed by atoms with E-state index in [2.05, 4.69) is 38.1 Å². The van der Waals surface area contributed by atoms with Crippen molar-refractivity contribution in [1.82, 2.24) is 0 Å². The van der Waals surface area contributed by atoms with Crippen LogP contribution in [0.3, 0.4) is 0 Å². The maximum absolute atomic E-state index is 8.85. The van der Waals surface area contributed by atoms with E-state index in [9.17, 15) is 0 Å². The fraction of sp³-hybridized carbons (Fsp3) is 0.500. The molecular weight excluding hydrogens is 174 g/mol. The molecule has 3 N–H and O–H groups in total. The third kappa shape index (κ3) is 3.13. The van der Waals surface area contributed by atoms with E-state index < -0.39 is 0 Å². The van der Waals surface area contributed by atoms with Crippen molar-refractivity contribution in [3.8, 4) is 0 Å². The second-order valence-electron chi connectivity index (χ2n) is 4.05. The van der Waals surface area contributed by atoms with Crippen LogP contribution in [0.1, 0.15) is 30.9 Å². The molecule has 0 heterocycles. The van der Waals surface area contributed by atoms with Gasteiger partial charge >= 0.3 is 0 Å². The van der Waals surface area contributed by atoms with Crippen molar-refractivity contribution in [2.24, 2.45) is 5.73 Å². The number of hydrogen-bond acceptors (Lipinski definition) is 2. The Hall–Kier alpha value is -0.860. The Labute approximate surface area is 85.8 Å². The molecule has 0 aromatic heterocycles. The van der Waals surface area contributed by atoms with Crippen LogP contribution in [-0.2, 0) is 6.42 Å². The van der Waals surface area contributed by atoms with Crippen LogP contribution >= 0.6 is 0 Å². The molecule has 1 rings (SSSR count). The monoisotopic (exact) mass is 193 g/mol. The predicted molar refractivity (Wildman–Crippen MR) is 59.3 cm³/mol. The molecule has 0 fully saturated rings. The Kier molecular flexibility index (Phi) is 4.11. The first-order valence-corrected chi connectivity index (χ1v) is 5.08. The van der Waals surface area contributed by atoms with Gasteiger partial charge in [0.2, 0.25) is 0 Å². The first-order chi connectivity index (χ1) is 6.63. The van der Waals surface area contributed by atoms with Gasteiger partial charge < -0.3 is 10.8 Å². The fourth-order valence-corrected chi connectivity index (χ4v) is 1.45. The quantitative estimate of drug-likeness (QED) is 0.764. The number of nitrogens with two attached hydrogens (primary N) is 1. The number of aliphatic hydroxyl groups is 1. The van der Waals surface area contributed by atoms with Gasteiger partial charge in [-0.15, -0.1) is 0 Å². The largest absolute Gasteiger partial charge is 0.395 e. The van der Waals surface area contributed by atoms with Gasteiger partial charge in [0.1, 0.15) is 0 Å². The Morgan fingerprint density at radius 3 is 2.64 bits per heavy atom. The Morgan fingerprint density at radius 2 is 2.07 bits per heavy atom. The van der Waals surface area contributed by atoms with Crippen LogP contribution in [0.5, 0.6) is 0 Å². The van der Waals surface area contributed by atoms with Gasteiger partial charge in [0.05, 0.1) is 6.61 Å². The van der Waals surface area contributed by atoms with Crippen LogP contribution in [0.4, 0.5) is 0 Å². The lowest BCUT2D eigenvalue weighted by Gasteiger charge is -2.11. The van der Waals surface area contributed by atoms with Gasteiger partial charge in [0.15, 0.2) is 0 Å². The molecule has 0 amide bonds. The van der Waals surface area contributed by atoms with E-state index in [1.165, 1.54) is 11.1 Å². The van der Waals surface area contributed by atoms with Crippen LogP contribution in [0, 0.1) is 0 Å². The van der Waals surface area contributed by atoms with E-state index in [1.54, 1.807) is 0 Å². The Morgan fingerprint density at radius 1 is 1.36 bits per heavy atom. The van der Waals surface area contributed by atoms with Gasteiger partial charge in [-0.25, -0.2) is 0 Å². The third-order valence-electron chi connectivity index (χ3n) is 2.35. The minimum atomic E-state index is -0.141. The number of aliphatic hydroxyl groups excluding tert-OH is 1. The highest BCUT2D eigenvalue weighted by atomic mass is 16.3. The summed E-state index contributed by atoms with van der Waals surface area (Å²) in [5, 5.41) is 8.85. The zero-order valence-electron chi connectivity index (χ0n) is 8.90. The smallest absolute Gasteiger partial charge is 0.0585 e. The molecule has 1 aromatic carbocycles. The summed E-state index contributed by atoms with van der Waals surface area (Å²) in [4.78, 5) is 0. The molecule has 0 aliphatic carbocycles. The van der Waals surface area contributed by atoms with Crippen molar-refractivity contribution in [2.45, 2.75) is 32.2 Å². The first-order valence-electron chi connectivity index (χ1n) is 5.08. The number of hydrogen-bond donors (Lipinski definition) is 2. The lowest BCUT2D eigenvalue weighted by atomic mass is 9.98. The summed E-state index contributed by atoms with van der Waals surface area (Å²) in [7, 11) is 0. The molecule has 1 atom stereocenters. The van der Waals surface area contributed by atoms with Gasteiger partial charge in [0, 0.05) is 6.04 Å². The van der Waals surface area contributed by atoms with Crippen molar-refractivity contribution in [3.05, 3.63) is 35.4 Å². The number of benzene rings is 1. The molecule has 14 heavy (non-hydrogen) atoms. The summed E-state index contributed by atoms with van der Waals surface area (Å²) in [6.45, 7) is 4.39. The van der Waals surface area contributed by atoms with Crippen molar-refractivity contribution >= 4 is 0 Å². The maximum Gasteiger partial charge on any atom is 0.0585 e. The zero-order chi connectivity index (χ0) is 10.6. The van der Waals surface area contributed by atoms with Gasteiger partial charge in [-0.2, -0.15) is 0 Å². The van der Waals surface area contributed by atoms with Crippen LogP contribution in [0.25, 0.3) is 0 Å². The molecule has 0 aliphatic rings. The van der Waals surface area contributed by atoms with Crippen molar-refractivity contribution in [2.75, 3.05) is 6.61 Å². The lowest BCUT2D eigenvalue weighted by Crippen LogP contribution is -2.26. The maximum atomic E-state index is 8.85. The van der Waals surface area contributed by atoms with E-state index in [0.717, 1.165) is 6.42 Å². The topological polar surface area (TPSA) is 46.2 Å². The van der Waals surface area contributed by atoms with E-state index in [4.69, 9.17) is 10.8 Å². The summed E-state index contributed by atoms with van der Waals surface area (Å²) in [6.07, 6.45) is 0.747. The third-order valence-corrected chi connectivity index (χ3v) is 2.35. The molecule has 0 aliphatic heterocycles. The first kappa shape index (κ1) is 11.2. The van der Waals surface area contributed by atoms with Crippen molar-refractivity contribution in [1.29, 1.82) is 0 Å². The van der Waals surface area contributed by atoms with E-state index in [0.29, 0.717) is 5.92 Å². The zero-order valence-corrected chi connectivity index (χ0v) is 8.90. The van der Waals surface area contributed by atoms with Gasteiger partial charge in [-0.05, 0) is 23.5 Å². The van der Waals surface area contributed by atoms with Gasteiger partial charge in [-0.1, -0.05) is 38.1 Å². The predicted octanol–water partition coefficient (Wildman–Crippen LogP) is 1.67. The van der Waals surface area contributed by atoms with Crippen LogP contribution in [-0.4, -0.2) is 17.8 Å². The SMILES string of the molecule is CC(C)c1cccc(CC(N)CO)c1. The highest BCUT2D eigenvalue weighted by molar-refractivity contribution is 5.26. The summed E-state index contributed by atoms with van der Waals surface area (Å²) in [5.74, 6) is 0.542. The molecular formula is C12H19NO. The second-order valence-corrected chi connectivity index (χ2v) is 4.05. The summed E-state index contributed by atoms with van der Waals surface area (Å²) < 4.78 is 0. The molecule has 1 aromatic rings. The normalized spacial score (nSPS) is 13.2. The van der Waals surface area contributed by atoms with E-state index in [1.807, 2.05) is 0 Å². The highest BCUT2D eigenvalue weighted by Gasteiger charge is 2.04. The van der Waals surface area contributed by atoms with Crippen molar-refractivity contribution in [3.63, 3.8) is 0 Å². The minimum Gasteiger partial charge on any atom is -0.395 e. The number of rotatable bonds is 4. The van der Waals surface area contributed by atoms with Crippen molar-refractivity contribution < 1.29 is 5.11 Å². The fourth-order valence-electron chi connectivity index (χ4n) is 1.45. The summed E-state index contributed by atoms with van der Waals surface area (Å²) in [5.41, 5.74) is 8.21. The molecule has 0 bridgehead atoms. The molecule has 78 valence electrons. The average Bonchev–Trinajstić information content (AvgIpc) is 2.18. The van der Waals surface area contributed by atoms with Crippen LogP contribution in [0.2, 0.25) is 0 Å². The summed E-state index contributed by atoms with van der Waals surface area (Å²) >= 11 is 0. The molecule has 2 nitrogen and oxygen atoms in total. The second kappa shape index (κ2) is 5.13. The van der Waals surface area contributed by atoms with Gasteiger partial charge in [-0.3, -0.25) is 0 Å². The van der Waals surface area contributed by atoms with Gasteiger partial charge in [0.25, 0.3) is 0 Å².